The second kappa shape index (κ2) is 2.63. The van der Waals surface area contributed by atoms with Crippen LogP contribution in [-0.2, 0) is 0 Å². The minimum Gasteiger partial charge on any atom is -0.512 e. The maximum absolute atomic E-state index is 8.73. The fourth-order valence-corrected chi connectivity index (χ4v) is 1.22. The topological polar surface area (TPSA) is 63.0 Å². The molecular formula is C6H5BrN4O. The van der Waals surface area contributed by atoms with Crippen LogP contribution < -0.4 is 16.4 Å². The van der Waals surface area contributed by atoms with Crippen LogP contribution >= 0.6 is 15.9 Å². The summed E-state index contributed by atoms with van der Waals surface area (Å²) in [5.41, 5.74) is 3.92. The number of halogens is 1. The van der Waals surface area contributed by atoms with Crippen LogP contribution in [0.15, 0.2) is 10.7 Å². The summed E-state index contributed by atoms with van der Waals surface area (Å²) in [6.07, 6.45) is 4.48. The van der Waals surface area contributed by atoms with E-state index in [1.165, 1.54) is 0 Å². The van der Waals surface area contributed by atoms with E-state index in [1.54, 1.807) is 10.8 Å². The third-order valence-electron chi connectivity index (χ3n) is 1.43. The van der Waals surface area contributed by atoms with Crippen molar-refractivity contribution in [2.75, 3.05) is 5.43 Å². The Labute approximate surface area is 75.8 Å². The van der Waals surface area contributed by atoms with Gasteiger partial charge in [-0.2, -0.15) is 0 Å². The predicted octanol–water partition coefficient (Wildman–Crippen LogP) is -0.852. The molecule has 6 heteroatoms. The zero-order valence-electron chi connectivity index (χ0n) is 5.90. The molecule has 2 rings (SSSR count). The highest BCUT2D eigenvalue weighted by Gasteiger charge is 2.03. The molecule has 2 heterocycles. The summed E-state index contributed by atoms with van der Waals surface area (Å²) in [7, 11) is 0. The van der Waals surface area contributed by atoms with Crippen molar-refractivity contribution in [2.24, 2.45) is 0 Å². The van der Waals surface area contributed by atoms with Crippen LogP contribution in [0.1, 0.15) is 0 Å². The minimum atomic E-state index is 0.367. The van der Waals surface area contributed by atoms with Crippen LogP contribution in [0.5, 0.6) is 0 Å². The van der Waals surface area contributed by atoms with Crippen molar-refractivity contribution in [1.82, 2.24) is 14.9 Å². The Morgan fingerprint density at radius 2 is 2.33 bits per heavy atom. The van der Waals surface area contributed by atoms with Gasteiger partial charge in [0.25, 0.3) is 0 Å². The SMILES string of the molecule is O/C=c1/nnc2n1NC(Br)=CC=2. The van der Waals surface area contributed by atoms with E-state index < -0.39 is 0 Å². The molecule has 62 valence electrons. The lowest BCUT2D eigenvalue weighted by molar-refractivity contribution is 0.532. The Morgan fingerprint density at radius 3 is 3.08 bits per heavy atom. The molecule has 1 aromatic heterocycles. The van der Waals surface area contributed by atoms with Gasteiger partial charge in [-0.15, -0.1) is 10.2 Å². The van der Waals surface area contributed by atoms with Crippen molar-refractivity contribution in [2.45, 2.75) is 0 Å². The normalized spacial score (nSPS) is 16.1. The van der Waals surface area contributed by atoms with Gasteiger partial charge in [-0.1, -0.05) is 0 Å². The molecule has 1 aromatic rings. The molecule has 0 spiro atoms. The van der Waals surface area contributed by atoms with Crippen molar-refractivity contribution in [3.63, 3.8) is 0 Å². The van der Waals surface area contributed by atoms with Gasteiger partial charge in [0, 0.05) is 0 Å². The first-order chi connectivity index (χ1) is 5.81. The average molecular weight is 229 g/mol. The highest BCUT2D eigenvalue weighted by atomic mass is 79.9. The van der Waals surface area contributed by atoms with Crippen molar-refractivity contribution < 1.29 is 5.11 Å². The Bertz CT molecular complexity index is 447. The number of hydrogen-bond donors (Lipinski definition) is 2. The van der Waals surface area contributed by atoms with Gasteiger partial charge in [0.1, 0.15) is 6.26 Å². The molecule has 0 aliphatic carbocycles. The van der Waals surface area contributed by atoms with Crippen LogP contribution in [0.3, 0.4) is 0 Å². The molecule has 0 unspecified atom stereocenters. The van der Waals surface area contributed by atoms with E-state index in [0.29, 0.717) is 11.0 Å². The number of fused-ring (bicyclic) bond motifs is 1. The third-order valence-corrected chi connectivity index (χ3v) is 1.87. The number of allylic oxidation sites excluding steroid dienone is 1. The first-order valence-electron chi connectivity index (χ1n) is 3.21. The van der Waals surface area contributed by atoms with Gasteiger partial charge in [-0.25, -0.2) is 4.68 Å². The minimum absolute atomic E-state index is 0.367. The molecule has 1 aliphatic rings. The maximum Gasteiger partial charge on any atom is 0.210 e. The number of aliphatic hydroxyl groups is 1. The van der Waals surface area contributed by atoms with Gasteiger partial charge in [0.15, 0.2) is 5.48 Å². The highest BCUT2D eigenvalue weighted by Crippen LogP contribution is 2.01. The fraction of sp³-hybridized carbons (Fsp3) is 0. The standard InChI is InChI=1S/C6H5BrN4O/c7-4-1-2-5-8-9-6(3-12)11(5)10-4/h1-3,10,12H/b6-3-. The first-order valence-corrected chi connectivity index (χ1v) is 4.01. The van der Waals surface area contributed by atoms with E-state index >= 15 is 0 Å². The van der Waals surface area contributed by atoms with E-state index in [4.69, 9.17) is 5.11 Å². The molecular weight excluding hydrogens is 224 g/mol. The molecule has 12 heavy (non-hydrogen) atoms. The monoisotopic (exact) mass is 228 g/mol. The van der Waals surface area contributed by atoms with Crippen molar-refractivity contribution in [3.8, 4) is 0 Å². The number of rotatable bonds is 0. The molecule has 0 amide bonds. The van der Waals surface area contributed by atoms with Gasteiger partial charge >= 0.3 is 0 Å². The quantitative estimate of drug-likeness (QED) is 0.568. The Kier molecular flexibility index (Phi) is 1.61. The lowest BCUT2D eigenvalue weighted by Gasteiger charge is -2.07. The smallest absolute Gasteiger partial charge is 0.210 e. The lowest BCUT2D eigenvalue weighted by Crippen LogP contribution is -2.36. The number of nitrogens with zero attached hydrogens (tertiary/aromatic N) is 3. The molecule has 0 fully saturated rings. The molecule has 0 saturated heterocycles. The zero-order chi connectivity index (χ0) is 8.55. The zero-order valence-corrected chi connectivity index (χ0v) is 7.48. The fourth-order valence-electron chi connectivity index (χ4n) is 0.907. The van der Waals surface area contributed by atoms with Gasteiger partial charge in [0.2, 0.25) is 5.48 Å². The lowest BCUT2D eigenvalue weighted by atomic mass is 10.5. The molecule has 0 bridgehead atoms. The van der Waals surface area contributed by atoms with Gasteiger partial charge in [-0.05, 0) is 28.1 Å². The Morgan fingerprint density at radius 1 is 1.50 bits per heavy atom. The molecule has 0 aromatic carbocycles. The molecule has 2 N–H and O–H groups in total. The second-order valence-electron chi connectivity index (χ2n) is 2.17. The second-order valence-corrected chi connectivity index (χ2v) is 3.03. The summed E-state index contributed by atoms with van der Waals surface area (Å²) >= 11 is 3.25. The van der Waals surface area contributed by atoms with E-state index in [-0.39, 0.29) is 0 Å². The Balaban J connectivity index is 2.71. The molecule has 0 saturated carbocycles. The van der Waals surface area contributed by atoms with Crippen molar-refractivity contribution in [1.29, 1.82) is 0 Å². The maximum atomic E-state index is 8.73. The van der Waals surface area contributed by atoms with Gasteiger partial charge in [0.05, 0.1) is 4.61 Å². The third kappa shape index (κ3) is 1.00. The van der Waals surface area contributed by atoms with Crippen molar-refractivity contribution >= 4 is 28.3 Å². The van der Waals surface area contributed by atoms with Crippen LogP contribution in [0, 0.1) is 0 Å². The van der Waals surface area contributed by atoms with E-state index in [1.807, 2.05) is 6.08 Å². The summed E-state index contributed by atoms with van der Waals surface area (Å²) < 4.78 is 2.35. The summed E-state index contributed by atoms with van der Waals surface area (Å²) in [4.78, 5) is 0. The van der Waals surface area contributed by atoms with E-state index in [0.717, 1.165) is 10.9 Å². The predicted molar refractivity (Wildman–Crippen MR) is 47.2 cm³/mol. The van der Waals surface area contributed by atoms with Crippen LogP contribution in [0.25, 0.3) is 12.3 Å². The average Bonchev–Trinajstić information content (AvgIpc) is 2.46. The molecule has 1 aliphatic heterocycles. The number of nitrogens with one attached hydrogen (secondary N) is 1. The number of aromatic nitrogens is 3. The van der Waals surface area contributed by atoms with Gasteiger partial charge < -0.3 is 5.11 Å². The largest absolute Gasteiger partial charge is 0.512 e. The number of aliphatic hydroxyl groups excluding tert-OH is 1. The van der Waals surface area contributed by atoms with Crippen molar-refractivity contribution in [3.05, 3.63) is 21.6 Å². The number of hydrogen-bond acceptors (Lipinski definition) is 4. The van der Waals surface area contributed by atoms with E-state index in [9.17, 15) is 0 Å². The van der Waals surface area contributed by atoms with Crippen LogP contribution in [-0.4, -0.2) is 20.0 Å². The molecule has 0 radical (unpaired) electrons. The van der Waals surface area contributed by atoms with Crippen LogP contribution in [0.4, 0.5) is 0 Å². The van der Waals surface area contributed by atoms with Gasteiger partial charge in [-0.3, -0.25) is 5.43 Å². The highest BCUT2D eigenvalue weighted by molar-refractivity contribution is 9.11. The summed E-state index contributed by atoms with van der Waals surface area (Å²) in [5.74, 6) is 0. The van der Waals surface area contributed by atoms with E-state index in [2.05, 4.69) is 31.6 Å². The summed E-state index contributed by atoms with van der Waals surface area (Å²) in [5, 5.41) is 16.2. The van der Waals surface area contributed by atoms with Crippen LogP contribution in [0.2, 0.25) is 0 Å². The molecule has 5 nitrogen and oxygen atoms in total. The summed E-state index contributed by atoms with van der Waals surface area (Å²) in [6.45, 7) is 0. The molecule has 0 atom stereocenters. The first kappa shape index (κ1) is 7.35. The summed E-state index contributed by atoms with van der Waals surface area (Å²) in [6, 6.07) is 0. The Hall–Kier alpha value is -1.30.